The fraction of sp³-hybridized carbons (Fsp3) is 0.258. The zero-order valence-electron chi connectivity index (χ0n) is 22.0. The van der Waals surface area contributed by atoms with Gasteiger partial charge in [0.25, 0.3) is 5.91 Å². The molecule has 1 saturated heterocycles. The van der Waals surface area contributed by atoms with Gasteiger partial charge in [-0.1, -0.05) is 77.4 Å². The number of anilines is 2. The van der Waals surface area contributed by atoms with Crippen molar-refractivity contribution in [1.29, 1.82) is 0 Å². The van der Waals surface area contributed by atoms with Crippen LogP contribution in [0.3, 0.4) is 0 Å². The van der Waals surface area contributed by atoms with Gasteiger partial charge in [-0.3, -0.25) is 4.79 Å². The molecule has 4 aromatic rings. The Bertz CT molecular complexity index is 1510. The van der Waals surface area contributed by atoms with E-state index >= 15 is 0 Å². The summed E-state index contributed by atoms with van der Waals surface area (Å²) in [5, 5.41) is 1.83. The molecular formula is C31H29Cl2N5OS. The van der Waals surface area contributed by atoms with Crippen molar-refractivity contribution in [3.8, 4) is 0 Å². The summed E-state index contributed by atoms with van der Waals surface area (Å²) < 4.78 is 0. The summed E-state index contributed by atoms with van der Waals surface area (Å²) in [6.45, 7) is 4.83. The Kier molecular flexibility index (Phi) is 8.14. The Balaban J connectivity index is 1.05. The Labute approximate surface area is 248 Å². The third kappa shape index (κ3) is 6.22. The van der Waals surface area contributed by atoms with Crippen molar-refractivity contribution in [2.24, 2.45) is 0 Å². The van der Waals surface area contributed by atoms with Gasteiger partial charge >= 0.3 is 0 Å². The van der Waals surface area contributed by atoms with Gasteiger partial charge in [0.15, 0.2) is 5.16 Å². The lowest BCUT2D eigenvalue weighted by Crippen LogP contribution is -2.46. The Morgan fingerprint density at radius 2 is 1.55 bits per heavy atom. The molecule has 0 spiro atoms. The van der Waals surface area contributed by atoms with Crippen LogP contribution in [0.15, 0.2) is 84.0 Å². The monoisotopic (exact) mass is 589 g/mol. The predicted molar refractivity (Wildman–Crippen MR) is 164 cm³/mol. The normalized spacial score (nSPS) is 15.2. The second-order valence-electron chi connectivity index (χ2n) is 10.0. The fourth-order valence-corrected chi connectivity index (χ4v) is 6.44. The first kappa shape index (κ1) is 26.9. The molecule has 1 aromatic heterocycles. The van der Waals surface area contributed by atoms with E-state index in [4.69, 9.17) is 28.2 Å². The van der Waals surface area contributed by atoms with E-state index in [9.17, 15) is 4.79 Å². The number of hydrogen-bond donors (Lipinski definition) is 0. The summed E-state index contributed by atoms with van der Waals surface area (Å²) in [5.41, 5.74) is 5.53. The summed E-state index contributed by atoms with van der Waals surface area (Å²) in [6.07, 6.45) is 0.899. The number of rotatable bonds is 6. The van der Waals surface area contributed by atoms with Crippen LogP contribution < -0.4 is 9.80 Å². The highest BCUT2D eigenvalue weighted by atomic mass is 35.5. The third-order valence-electron chi connectivity index (χ3n) is 7.42. The molecule has 0 atom stereocenters. The van der Waals surface area contributed by atoms with Gasteiger partial charge in [-0.25, -0.2) is 9.97 Å². The smallest absolute Gasteiger partial charge is 0.254 e. The average Bonchev–Trinajstić information content (AvgIpc) is 2.99. The lowest BCUT2D eigenvalue weighted by Gasteiger charge is -2.36. The number of thioether (sulfide) groups is 1. The maximum atomic E-state index is 13.1. The van der Waals surface area contributed by atoms with E-state index in [-0.39, 0.29) is 5.91 Å². The molecule has 2 aliphatic rings. The molecule has 0 unspecified atom stereocenters. The van der Waals surface area contributed by atoms with Gasteiger partial charge in [-0.05, 0) is 53.4 Å². The molecule has 1 amide bonds. The van der Waals surface area contributed by atoms with Crippen molar-refractivity contribution >= 4 is 52.4 Å². The molecule has 9 heteroatoms. The Morgan fingerprint density at radius 3 is 2.33 bits per heavy atom. The van der Waals surface area contributed by atoms with Crippen LogP contribution in [0.2, 0.25) is 10.2 Å². The van der Waals surface area contributed by atoms with Crippen LogP contribution in [0, 0.1) is 0 Å². The van der Waals surface area contributed by atoms with E-state index in [0.717, 1.165) is 61.2 Å². The van der Waals surface area contributed by atoms with E-state index in [0.29, 0.717) is 28.2 Å². The van der Waals surface area contributed by atoms with Gasteiger partial charge in [0.05, 0.1) is 0 Å². The number of fused-ring (bicyclic) bond motifs is 1. The van der Waals surface area contributed by atoms with Crippen molar-refractivity contribution in [2.45, 2.75) is 23.9 Å². The SMILES string of the molecule is O=C(c1ccc(CSc2nc(Cl)cc(N3CCN(c4cccc(Cl)c4)CC3)n2)cc1)N1CCc2ccccc2C1. The maximum absolute atomic E-state index is 13.1. The number of halogens is 2. The van der Waals surface area contributed by atoms with Crippen molar-refractivity contribution in [1.82, 2.24) is 14.9 Å². The van der Waals surface area contributed by atoms with Crippen molar-refractivity contribution < 1.29 is 4.79 Å². The highest BCUT2D eigenvalue weighted by Gasteiger charge is 2.22. The number of amides is 1. The Morgan fingerprint density at radius 1 is 0.800 bits per heavy atom. The molecule has 2 aliphatic heterocycles. The van der Waals surface area contributed by atoms with Crippen LogP contribution in [0.4, 0.5) is 11.5 Å². The highest BCUT2D eigenvalue weighted by Crippen LogP contribution is 2.27. The van der Waals surface area contributed by atoms with Crippen molar-refractivity contribution in [3.63, 3.8) is 0 Å². The molecule has 3 aromatic carbocycles. The molecule has 0 N–H and O–H groups in total. The van der Waals surface area contributed by atoms with E-state index in [1.54, 1.807) is 11.8 Å². The lowest BCUT2D eigenvalue weighted by atomic mass is 9.99. The van der Waals surface area contributed by atoms with Gasteiger partial charge < -0.3 is 14.7 Å². The molecular weight excluding hydrogens is 561 g/mol. The molecule has 204 valence electrons. The number of carbonyl (C=O) groups excluding carboxylic acids is 1. The van der Waals surface area contributed by atoms with Crippen LogP contribution in [0.5, 0.6) is 0 Å². The first-order valence-electron chi connectivity index (χ1n) is 13.4. The summed E-state index contributed by atoms with van der Waals surface area (Å²) in [5.74, 6) is 1.61. The van der Waals surface area contributed by atoms with Gasteiger partial charge in [0.2, 0.25) is 0 Å². The minimum Gasteiger partial charge on any atom is -0.368 e. The topological polar surface area (TPSA) is 52.6 Å². The molecule has 0 saturated carbocycles. The van der Waals surface area contributed by atoms with E-state index in [1.165, 1.54) is 11.1 Å². The largest absolute Gasteiger partial charge is 0.368 e. The molecule has 0 radical (unpaired) electrons. The van der Waals surface area contributed by atoms with Gasteiger partial charge in [-0.15, -0.1) is 0 Å². The molecule has 1 fully saturated rings. The minimum atomic E-state index is 0.0759. The molecule has 0 bridgehead atoms. The van der Waals surface area contributed by atoms with E-state index in [2.05, 4.69) is 39.0 Å². The Hall–Kier alpha value is -3.26. The lowest BCUT2D eigenvalue weighted by molar-refractivity contribution is 0.0734. The predicted octanol–water partition coefficient (Wildman–Crippen LogP) is 6.60. The van der Waals surface area contributed by atoms with Crippen LogP contribution in [0.25, 0.3) is 0 Å². The van der Waals surface area contributed by atoms with Crippen LogP contribution >= 0.6 is 35.0 Å². The minimum absolute atomic E-state index is 0.0759. The molecule has 0 aliphatic carbocycles. The summed E-state index contributed by atoms with van der Waals surface area (Å²) in [4.78, 5) is 28.9. The number of piperazine rings is 1. The number of hydrogen-bond acceptors (Lipinski definition) is 6. The zero-order chi connectivity index (χ0) is 27.5. The number of nitrogens with zero attached hydrogens (tertiary/aromatic N) is 5. The van der Waals surface area contributed by atoms with Crippen molar-refractivity contribution in [2.75, 3.05) is 42.5 Å². The second kappa shape index (κ2) is 12.1. The van der Waals surface area contributed by atoms with Gasteiger partial charge in [0.1, 0.15) is 11.0 Å². The zero-order valence-corrected chi connectivity index (χ0v) is 24.3. The summed E-state index contributed by atoms with van der Waals surface area (Å²) >= 11 is 14.1. The number of aromatic nitrogens is 2. The summed E-state index contributed by atoms with van der Waals surface area (Å²) in [7, 11) is 0. The highest BCUT2D eigenvalue weighted by molar-refractivity contribution is 7.98. The quantitative estimate of drug-likeness (QED) is 0.143. The van der Waals surface area contributed by atoms with E-state index < -0.39 is 0 Å². The van der Waals surface area contributed by atoms with Gasteiger partial charge in [0, 0.05) is 67.4 Å². The second-order valence-corrected chi connectivity index (χ2v) is 11.8. The number of benzene rings is 3. The average molecular weight is 591 g/mol. The van der Waals surface area contributed by atoms with Crippen LogP contribution in [0.1, 0.15) is 27.0 Å². The standard InChI is InChI=1S/C31H29Cl2N5OS/c32-26-6-3-7-27(18-26)36-14-16-37(17-15-36)29-19-28(33)34-31(35-29)40-21-22-8-10-24(11-9-22)30(39)38-13-12-23-4-1-2-5-25(23)20-38/h1-11,18-19H,12-17,20-21H2. The number of carbonyl (C=O) groups is 1. The maximum Gasteiger partial charge on any atom is 0.254 e. The van der Waals surface area contributed by atoms with E-state index in [1.807, 2.05) is 59.5 Å². The van der Waals surface area contributed by atoms with Gasteiger partial charge in [-0.2, -0.15) is 0 Å². The van der Waals surface area contributed by atoms with Crippen LogP contribution in [-0.4, -0.2) is 53.5 Å². The van der Waals surface area contributed by atoms with Crippen LogP contribution in [-0.2, 0) is 18.7 Å². The fourth-order valence-electron chi connectivity index (χ4n) is 5.22. The molecule has 40 heavy (non-hydrogen) atoms. The third-order valence-corrected chi connectivity index (χ3v) is 8.77. The first-order chi connectivity index (χ1) is 19.5. The molecule has 3 heterocycles. The molecule has 6 nitrogen and oxygen atoms in total. The van der Waals surface area contributed by atoms with Crippen molar-refractivity contribution in [3.05, 3.63) is 111 Å². The summed E-state index contributed by atoms with van der Waals surface area (Å²) in [6, 6.07) is 26.0. The molecule has 6 rings (SSSR count). The first-order valence-corrected chi connectivity index (χ1v) is 15.1.